The quantitative estimate of drug-likeness (QED) is 0.916. The fraction of sp³-hybridized carbons (Fsp3) is 0.556. The van der Waals surface area contributed by atoms with E-state index in [4.69, 9.17) is 9.72 Å². The number of nitrogens with one attached hydrogen (secondary N) is 1. The van der Waals surface area contributed by atoms with Crippen molar-refractivity contribution in [3.05, 3.63) is 30.1 Å². The van der Waals surface area contributed by atoms with Gasteiger partial charge in [0.15, 0.2) is 0 Å². The lowest BCUT2D eigenvalue weighted by Crippen LogP contribution is -2.35. The molecule has 1 aromatic heterocycles. The monoisotopic (exact) mass is 330 g/mol. The Morgan fingerprint density at radius 1 is 1.42 bits per heavy atom. The smallest absolute Gasteiger partial charge is 0.409 e. The lowest BCUT2D eigenvalue weighted by atomic mass is 10.2. The summed E-state index contributed by atoms with van der Waals surface area (Å²) < 4.78 is 7.35. The molecule has 1 fully saturated rings. The van der Waals surface area contributed by atoms with E-state index in [1.807, 2.05) is 19.1 Å². The number of benzene rings is 1. The van der Waals surface area contributed by atoms with E-state index in [9.17, 15) is 4.79 Å². The van der Waals surface area contributed by atoms with Crippen molar-refractivity contribution >= 4 is 17.1 Å². The Morgan fingerprint density at radius 2 is 2.21 bits per heavy atom. The Kier molecular flexibility index (Phi) is 5.04. The van der Waals surface area contributed by atoms with Gasteiger partial charge in [-0.2, -0.15) is 0 Å². The molecule has 0 unspecified atom stereocenters. The van der Waals surface area contributed by atoms with Gasteiger partial charge in [-0.1, -0.05) is 12.1 Å². The topological polar surface area (TPSA) is 59.4 Å². The number of imidazole rings is 1. The number of likely N-dealkylation sites (tertiary alicyclic amines) is 1. The first-order valence-electron chi connectivity index (χ1n) is 8.71. The van der Waals surface area contributed by atoms with Crippen molar-refractivity contribution in [2.75, 3.05) is 19.7 Å². The number of ether oxygens (including phenoxy) is 1. The molecule has 0 saturated carbocycles. The van der Waals surface area contributed by atoms with E-state index in [0.717, 1.165) is 24.3 Å². The molecule has 1 aliphatic rings. The van der Waals surface area contributed by atoms with Crippen molar-refractivity contribution in [3.8, 4) is 0 Å². The molecule has 1 atom stereocenters. The molecule has 24 heavy (non-hydrogen) atoms. The van der Waals surface area contributed by atoms with Crippen LogP contribution in [0.1, 0.15) is 39.1 Å². The molecule has 2 aromatic rings. The van der Waals surface area contributed by atoms with Crippen LogP contribution in [0, 0.1) is 0 Å². The molecule has 0 radical (unpaired) electrons. The standard InChI is InChI=1S/C18H26N4O2/c1-4-24-18(23)21-10-9-14(12-21)19-11-17-20-15-7-5-6-8-16(15)22(17)13(2)3/h5-8,13-14,19H,4,9-12H2,1-3H3/t14-/m0/s1. The summed E-state index contributed by atoms with van der Waals surface area (Å²) in [5.74, 6) is 1.04. The summed E-state index contributed by atoms with van der Waals surface area (Å²) in [6, 6.07) is 8.88. The van der Waals surface area contributed by atoms with Gasteiger partial charge < -0.3 is 19.5 Å². The van der Waals surface area contributed by atoms with Crippen LogP contribution >= 0.6 is 0 Å². The fourth-order valence-electron chi connectivity index (χ4n) is 3.34. The van der Waals surface area contributed by atoms with Gasteiger partial charge in [-0.05, 0) is 39.3 Å². The zero-order valence-corrected chi connectivity index (χ0v) is 14.7. The third kappa shape index (κ3) is 3.38. The highest BCUT2D eigenvalue weighted by Gasteiger charge is 2.27. The highest BCUT2D eigenvalue weighted by molar-refractivity contribution is 5.76. The average Bonchev–Trinajstić information content (AvgIpc) is 3.17. The summed E-state index contributed by atoms with van der Waals surface area (Å²) in [6.45, 7) is 8.75. The van der Waals surface area contributed by atoms with Crippen LogP contribution in [0.2, 0.25) is 0 Å². The van der Waals surface area contributed by atoms with Gasteiger partial charge in [-0.15, -0.1) is 0 Å². The summed E-state index contributed by atoms with van der Waals surface area (Å²) >= 11 is 0. The van der Waals surface area contributed by atoms with E-state index < -0.39 is 0 Å². The SMILES string of the molecule is CCOC(=O)N1CC[C@H](NCc2nc3ccccc3n2C(C)C)C1. The molecule has 130 valence electrons. The van der Waals surface area contributed by atoms with Crippen molar-refractivity contribution < 1.29 is 9.53 Å². The minimum absolute atomic E-state index is 0.212. The lowest BCUT2D eigenvalue weighted by Gasteiger charge is -2.17. The summed E-state index contributed by atoms with van der Waals surface area (Å²) in [5.41, 5.74) is 2.20. The van der Waals surface area contributed by atoms with Gasteiger partial charge in [0, 0.05) is 25.2 Å². The zero-order valence-electron chi connectivity index (χ0n) is 14.7. The normalized spacial score (nSPS) is 17.8. The van der Waals surface area contributed by atoms with Gasteiger partial charge in [-0.25, -0.2) is 9.78 Å². The predicted octanol–water partition coefficient (Wildman–Crippen LogP) is 2.94. The number of aromatic nitrogens is 2. The van der Waals surface area contributed by atoms with Crippen molar-refractivity contribution in [3.63, 3.8) is 0 Å². The highest BCUT2D eigenvalue weighted by atomic mass is 16.6. The number of carbonyl (C=O) groups is 1. The Labute approximate surface area is 142 Å². The molecule has 2 heterocycles. The largest absolute Gasteiger partial charge is 0.450 e. The number of rotatable bonds is 5. The molecular formula is C18H26N4O2. The first-order chi connectivity index (χ1) is 11.6. The van der Waals surface area contributed by atoms with Crippen molar-refractivity contribution in [2.45, 2.75) is 45.8 Å². The molecule has 1 N–H and O–H groups in total. The Hall–Kier alpha value is -2.08. The summed E-state index contributed by atoms with van der Waals surface area (Å²) in [7, 11) is 0. The Balaban J connectivity index is 1.66. The summed E-state index contributed by atoms with van der Waals surface area (Å²) in [6.07, 6.45) is 0.733. The van der Waals surface area contributed by atoms with Gasteiger partial charge >= 0.3 is 6.09 Å². The molecule has 1 amide bonds. The molecule has 0 bridgehead atoms. The molecule has 3 rings (SSSR count). The second-order valence-corrected chi connectivity index (χ2v) is 6.49. The Morgan fingerprint density at radius 3 is 2.96 bits per heavy atom. The zero-order chi connectivity index (χ0) is 17.1. The van der Waals surface area contributed by atoms with Gasteiger partial charge in [0.2, 0.25) is 0 Å². The third-order valence-electron chi connectivity index (χ3n) is 4.45. The molecular weight excluding hydrogens is 304 g/mol. The summed E-state index contributed by atoms with van der Waals surface area (Å²) in [5, 5.41) is 3.55. The maximum absolute atomic E-state index is 11.8. The fourth-order valence-corrected chi connectivity index (χ4v) is 3.34. The minimum Gasteiger partial charge on any atom is -0.450 e. The first-order valence-corrected chi connectivity index (χ1v) is 8.71. The van der Waals surface area contributed by atoms with E-state index in [0.29, 0.717) is 25.7 Å². The predicted molar refractivity (Wildman–Crippen MR) is 94.0 cm³/mol. The molecule has 1 aromatic carbocycles. The molecule has 6 nitrogen and oxygen atoms in total. The molecule has 6 heteroatoms. The van der Waals surface area contributed by atoms with Gasteiger partial charge in [0.05, 0.1) is 24.2 Å². The van der Waals surface area contributed by atoms with Crippen LogP contribution in [0.3, 0.4) is 0 Å². The van der Waals surface area contributed by atoms with Gasteiger partial charge in [0.1, 0.15) is 5.82 Å². The first kappa shape index (κ1) is 16.8. The minimum atomic E-state index is -0.212. The summed E-state index contributed by atoms with van der Waals surface area (Å²) in [4.78, 5) is 18.3. The van der Waals surface area contributed by atoms with Crippen LogP contribution in [-0.2, 0) is 11.3 Å². The second-order valence-electron chi connectivity index (χ2n) is 6.49. The number of amides is 1. The lowest BCUT2D eigenvalue weighted by molar-refractivity contribution is 0.115. The van der Waals surface area contributed by atoms with E-state index >= 15 is 0 Å². The molecule has 1 aliphatic heterocycles. The maximum Gasteiger partial charge on any atom is 0.409 e. The van der Waals surface area contributed by atoms with E-state index in [1.165, 1.54) is 5.52 Å². The number of hydrogen-bond donors (Lipinski definition) is 1. The highest BCUT2D eigenvalue weighted by Crippen LogP contribution is 2.21. The molecule has 0 spiro atoms. The van der Waals surface area contributed by atoms with Crippen molar-refractivity contribution in [1.29, 1.82) is 0 Å². The number of para-hydroxylation sites is 2. The van der Waals surface area contributed by atoms with Gasteiger partial charge in [-0.3, -0.25) is 0 Å². The van der Waals surface area contributed by atoms with Gasteiger partial charge in [0.25, 0.3) is 0 Å². The number of nitrogens with zero attached hydrogens (tertiary/aromatic N) is 3. The van der Waals surface area contributed by atoms with Crippen molar-refractivity contribution in [1.82, 2.24) is 19.8 Å². The Bertz CT molecular complexity index is 710. The molecule has 0 aliphatic carbocycles. The second kappa shape index (κ2) is 7.21. The maximum atomic E-state index is 11.8. The van der Waals surface area contributed by atoms with E-state index in [1.54, 1.807) is 4.90 Å². The third-order valence-corrected chi connectivity index (χ3v) is 4.45. The number of carbonyl (C=O) groups excluding carboxylic acids is 1. The average molecular weight is 330 g/mol. The van der Waals surface area contributed by atoms with Crippen LogP contribution in [0.25, 0.3) is 11.0 Å². The number of hydrogen-bond acceptors (Lipinski definition) is 4. The van der Waals surface area contributed by atoms with Crippen LogP contribution in [0.5, 0.6) is 0 Å². The van der Waals surface area contributed by atoms with Crippen LogP contribution in [0.4, 0.5) is 4.79 Å². The molecule has 1 saturated heterocycles. The van der Waals surface area contributed by atoms with Crippen LogP contribution in [0.15, 0.2) is 24.3 Å². The number of fused-ring (bicyclic) bond motifs is 1. The van der Waals surface area contributed by atoms with E-state index in [2.05, 4.69) is 35.9 Å². The van der Waals surface area contributed by atoms with Crippen LogP contribution in [-0.4, -0.2) is 46.3 Å². The van der Waals surface area contributed by atoms with Crippen LogP contribution < -0.4 is 5.32 Å². The van der Waals surface area contributed by atoms with Crippen molar-refractivity contribution in [2.24, 2.45) is 0 Å². The van der Waals surface area contributed by atoms with E-state index in [-0.39, 0.29) is 12.1 Å².